The van der Waals surface area contributed by atoms with Crippen molar-refractivity contribution in [3.05, 3.63) is 0 Å². The smallest absolute Gasteiger partial charge is 0.223 e. The molecular formula is C16H28N2O3. The molecule has 2 atom stereocenters. The summed E-state index contributed by atoms with van der Waals surface area (Å²) in [4.78, 5) is 23.5. The number of rotatable bonds is 7. The zero-order chi connectivity index (χ0) is 15.1. The minimum absolute atomic E-state index is 0.0121. The van der Waals surface area contributed by atoms with Gasteiger partial charge in [0.1, 0.15) is 0 Å². The number of carbonyl (C=O) groups is 2. The van der Waals surface area contributed by atoms with Crippen LogP contribution < -0.4 is 10.6 Å². The van der Waals surface area contributed by atoms with Crippen molar-refractivity contribution in [2.45, 2.75) is 63.8 Å². The number of aliphatic hydroxyl groups is 1. The third-order valence-corrected chi connectivity index (χ3v) is 4.82. The molecule has 0 aromatic carbocycles. The van der Waals surface area contributed by atoms with E-state index < -0.39 is 0 Å². The van der Waals surface area contributed by atoms with Gasteiger partial charge in [0.2, 0.25) is 11.8 Å². The van der Waals surface area contributed by atoms with Gasteiger partial charge in [-0.2, -0.15) is 0 Å². The van der Waals surface area contributed by atoms with Crippen LogP contribution in [0.25, 0.3) is 0 Å². The molecule has 0 aromatic rings. The molecule has 2 fully saturated rings. The van der Waals surface area contributed by atoms with Gasteiger partial charge in [0.25, 0.3) is 0 Å². The Balaban J connectivity index is 1.67. The van der Waals surface area contributed by atoms with Crippen molar-refractivity contribution in [1.82, 2.24) is 10.6 Å². The molecule has 0 aromatic heterocycles. The second kappa shape index (κ2) is 8.37. The zero-order valence-electron chi connectivity index (χ0n) is 12.8. The lowest BCUT2D eigenvalue weighted by Gasteiger charge is -2.22. The highest BCUT2D eigenvalue weighted by molar-refractivity contribution is 5.81. The monoisotopic (exact) mass is 296 g/mol. The SMILES string of the molecule is O=C(CCC1CCCCC1)N[C@H](CO)C[C@@H]1CCNC1=O. The Morgan fingerprint density at radius 2 is 2.05 bits per heavy atom. The Kier molecular flexibility index (Phi) is 6.49. The topological polar surface area (TPSA) is 78.4 Å². The fourth-order valence-corrected chi connectivity index (χ4v) is 3.50. The van der Waals surface area contributed by atoms with Gasteiger partial charge < -0.3 is 15.7 Å². The van der Waals surface area contributed by atoms with Crippen molar-refractivity contribution in [2.75, 3.05) is 13.2 Å². The van der Waals surface area contributed by atoms with Crippen molar-refractivity contribution >= 4 is 11.8 Å². The minimum Gasteiger partial charge on any atom is -0.394 e. The molecule has 1 heterocycles. The van der Waals surface area contributed by atoms with Crippen LogP contribution in [0.15, 0.2) is 0 Å². The van der Waals surface area contributed by atoms with Crippen LogP contribution in [0.1, 0.15) is 57.8 Å². The average molecular weight is 296 g/mol. The molecule has 1 saturated heterocycles. The van der Waals surface area contributed by atoms with Gasteiger partial charge in [-0.3, -0.25) is 9.59 Å². The van der Waals surface area contributed by atoms with Gasteiger partial charge in [-0.05, 0) is 25.2 Å². The van der Waals surface area contributed by atoms with Gasteiger partial charge >= 0.3 is 0 Å². The lowest BCUT2D eigenvalue weighted by Crippen LogP contribution is -2.40. The number of hydrogen-bond donors (Lipinski definition) is 3. The van der Waals surface area contributed by atoms with Crippen LogP contribution in [-0.4, -0.2) is 36.1 Å². The molecular weight excluding hydrogens is 268 g/mol. The summed E-state index contributed by atoms with van der Waals surface area (Å²) in [5, 5.41) is 15.1. The van der Waals surface area contributed by atoms with E-state index in [2.05, 4.69) is 10.6 Å². The fraction of sp³-hybridized carbons (Fsp3) is 0.875. The molecule has 0 spiro atoms. The molecule has 2 rings (SSSR count). The summed E-state index contributed by atoms with van der Waals surface area (Å²) >= 11 is 0. The van der Waals surface area contributed by atoms with E-state index in [1.54, 1.807) is 0 Å². The maximum absolute atomic E-state index is 12.0. The van der Waals surface area contributed by atoms with Crippen molar-refractivity contribution in [2.24, 2.45) is 11.8 Å². The van der Waals surface area contributed by atoms with Crippen LogP contribution >= 0.6 is 0 Å². The summed E-state index contributed by atoms with van der Waals surface area (Å²) in [7, 11) is 0. The highest BCUT2D eigenvalue weighted by Gasteiger charge is 2.27. The number of nitrogens with one attached hydrogen (secondary N) is 2. The lowest BCUT2D eigenvalue weighted by atomic mass is 9.86. The van der Waals surface area contributed by atoms with Crippen LogP contribution in [0.4, 0.5) is 0 Å². The van der Waals surface area contributed by atoms with Crippen LogP contribution in [0.5, 0.6) is 0 Å². The number of carbonyl (C=O) groups excluding carboxylic acids is 2. The van der Waals surface area contributed by atoms with Gasteiger partial charge in [-0.15, -0.1) is 0 Å². The van der Waals surface area contributed by atoms with E-state index in [1.807, 2.05) is 0 Å². The van der Waals surface area contributed by atoms with E-state index in [4.69, 9.17) is 0 Å². The molecule has 0 bridgehead atoms. The lowest BCUT2D eigenvalue weighted by molar-refractivity contribution is -0.125. The third kappa shape index (κ3) is 5.30. The van der Waals surface area contributed by atoms with Crippen LogP contribution in [0.2, 0.25) is 0 Å². The first-order valence-corrected chi connectivity index (χ1v) is 8.37. The predicted octanol–water partition coefficient (Wildman–Crippen LogP) is 1.35. The van der Waals surface area contributed by atoms with E-state index >= 15 is 0 Å². The molecule has 5 nitrogen and oxygen atoms in total. The molecule has 5 heteroatoms. The second-order valence-electron chi connectivity index (χ2n) is 6.50. The van der Waals surface area contributed by atoms with Crippen molar-refractivity contribution in [1.29, 1.82) is 0 Å². The first-order valence-electron chi connectivity index (χ1n) is 8.37. The number of hydrogen-bond acceptors (Lipinski definition) is 3. The summed E-state index contributed by atoms with van der Waals surface area (Å²) in [6.07, 6.45) is 9.25. The van der Waals surface area contributed by atoms with Crippen LogP contribution in [0.3, 0.4) is 0 Å². The molecule has 1 aliphatic heterocycles. The second-order valence-corrected chi connectivity index (χ2v) is 6.50. The standard InChI is InChI=1S/C16H28N2O3/c19-11-14(10-13-8-9-17-16(13)21)18-15(20)7-6-12-4-2-1-3-5-12/h12-14,19H,1-11H2,(H,17,21)(H,18,20)/t13-,14-/m0/s1. The summed E-state index contributed by atoms with van der Waals surface area (Å²) in [5.74, 6) is 0.682. The molecule has 0 unspecified atom stereocenters. The van der Waals surface area contributed by atoms with Crippen molar-refractivity contribution < 1.29 is 14.7 Å². The van der Waals surface area contributed by atoms with Gasteiger partial charge in [-0.25, -0.2) is 0 Å². The molecule has 2 aliphatic rings. The van der Waals surface area contributed by atoms with Gasteiger partial charge in [0.05, 0.1) is 12.6 Å². The maximum Gasteiger partial charge on any atom is 0.223 e. The summed E-state index contributed by atoms with van der Waals surface area (Å²) < 4.78 is 0. The van der Waals surface area contributed by atoms with Crippen molar-refractivity contribution in [3.63, 3.8) is 0 Å². The highest BCUT2D eigenvalue weighted by Crippen LogP contribution is 2.27. The fourth-order valence-electron chi connectivity index (χ4n) is 3.50. The highest BCUT2D eigenvalue weighted by atomic mass is 16.3. The molecule has 1 aliphatic carbocycles. The third-order valence-electron chi connectivity index (χ3n) is 4.82. The largest absolute Gasteiger partial charge is 0.394 e. The Morgan fingerprint density at radius 1 is 1.29 bits per heavy atom. The predicted molar refractivity (Wildman–Crippen MR) is 80.6 cm³/mol. The first-order chi connectivity index (χ1) is 10.2. The molecule has 0 radical (unpaired) electrons. The molecule has 1 saturated carbocycles. The summed E-state index contributed by atoms with van der Waals surface area (Å²) in [5.41, 5.74) is 0. The first kappa shape index (κ1) is 16.3. The molecule has 3 N–H and O–H groups in total. The van der Waals surface area contributed by atoms with Gasteiger partial charge in [0.15, 0.2) is 0 Å². The molecule has 21 heavy (non-hydrogen) atoms. The molecule has 2 amide bonds. The Labute approximate surface area is 126 Å². The maximum atomic E-state index is 12.0. The minimum atomic E-state index is -0.294. The summed E-state index contributed by atoms with van der Waals surface area (Å²) in [6.45, 7) is 0.607. The Hall–Kier alpha value is -1.10. The quantitative estimate of drug-likeness (QED) is 0.663. The van der Waals surface area contributed by atoms with E-state index in [-0.39, 0.29) is 30.4 Å². The van der Waals surface area contributed by atoms with Gasteiger partial charge in [0, 0.05) is 18.9 Å². The van der Waals surface area contributed by atoms with Crippen molar-refractivity contribution in [3.8, 4) is 0 Å². The van der Waals surface area contributed by atoms with E-state index in [0.29, 0.717) is 25.3 Å². The van der Waals surface area contributed by atoms with Crippen LogP contribution in [0, 0.1) is 11.8 Å². The Morgan fingerprint density at radius 3 is 2.67 bits per heavy atom. The summed E-state index contributed by atoms with van der Waals surface area (Å²) in [6, 6.07) is -0.294. The zero-order valence-corrected chi connectivity index (χ0v) is 12.8. The van der Waals surface area contributed by atoms with E-state index in [0.717, 1.165) is 12.8 Å². The van der Waals surface area contributed by atoms with Gasteiger partial charge in [-0.1, -0.05) is 32.1 Å². The Bertz CT molecular complexity index is 353. The molecule has 120 valence electrons. The number of amides is 2. The van der Waals surface area contributed by atoms with E-state index in [1.165, 1.54) is 32.1 Å². The van der Waals surface area contributed by atoms with Crippen LogP contribution in [-0.2, 0) is 9.59 Å². The number of aliphatic hydroxyl groups excluding tert-OH is 1. The average Bonchev–Trinajstić information content (AvgIpc) is 2.90. The normalized spacial score (nSPS) is 24.6. The van der Waals surface area contributed by atoms with E-state index in [9.17, 15) is 14.7 Å².